The fraction of sp³-hybridized carbons (Fsp3) is 0.111. The van der Waals surface area contributed by atoms with Crippen molar-refractivity contribution in [1.82, 2.24) is 9.55 Å². The average molecular weight is 305 g/mol. The Morgan fingerprint density at radius 2 is 2.31 bits per heavy atom. The van der Waals surface area contributed by atoms with E-state index in [1.165, 1.54) is 10.9 Å². The Bertz CT molecular complexity index is 578. The van der Waals surface area contributed by atoms with Crippen LogP contribution in [0.1, 0.15) is 5.76 Å². The Labute approximate surface area is 104 Å². The quantitative estimate of drug-likeness (QED) is 0.860. The molecule has 0 radical (unpaired) electrons. The molecule has 0 unspecified atom stereocenters. The lowest BCUT2D eigenvalue weighted by Crippen LogP contribution is -2.24. The molecule has 2 aromatic rings. The lowest BCUT2D eigenvalue weighted by Gasteiger charge is -2.04. The highest BCUT2D eigenvalue weighted by Crippen LogP contribution is 2.15. The fourth-order valence-corrected chi connectivity index (χ4v) is 1.67. The van der Waals surface area contributed by atoms with Crippen LogP contribution in [0.5, 0.6) is 0 Å². The van der Waals surface area contributed by atoms with Crippen molar-refractivity contribution < 1.29 is 4.42 Å². The van der Waals surface area contributed by atoms with Crippen molar-refractivity contribution in [2.45, 2.75) is 6.54 Å². The van der Waals surface area contributed by atoms with Gasteiger partial charge in [0, 0.05) is 0 Å². The lowest BCUT2D eigenvalue weighted by molar-refractivity contribution is 0.469. The molecule has 0 atom stereocenters. The first-order valence-electron chi connectivity index (χ1n) is 4.32. The maximum Gasteiger partial charge on any atom is 0.278 e. The molecule has 0 spiro atoms. The number of aromatic nitrogens is 2. The van der Waals surface area contributed by atoms with Gasteiger partial charge < -0.3 is 10.2 Å². The molecule has 2 rings (SSSR count). The van der Waals surface area contributed by atoms with E-state index in [1.54, 1.807) is 12.1 Å². The number of rotatable bonds is 2. The molecule has 5 nitrogen and oxygen atoms in total. The molecule has 16 heavy (non-hydrogen) atoms. The van der Waals surface area contributed by atoms with Gasteiger partial charge in [-0.25, -0.2) is 4.98 Å². The summed E-state index contributed by atoms with van der Waals surface area (Å²) in [5.74, 6) is 0.623. The predicted octanol–water partition coefficient (Wildman–Crippen LogP) is 1.88. The zero-order valence-corrected chi connectivity index (χ0v) is 10.3. The molecule has 0 aliphatic rings. The van der Waals surface area contributed by atoms with Gasteiger partial charge in [-0.05, 0) is 28.1 Å². The number of nitrogens with two attached hydrogens (primary N) is 1. The Hall–Kier alpha value is -1.27. The van der Waals surface area contributed by atoms with Crippen LogP contribution in [-0.2, 0) is 6.54 Å². The van der Waals surface area contributed by atoms with Crippen LogP contribution in [0.3, 0.4) is 0 Å². The largest absolute Gasteiger partial charge is 0.452 e. The molecule has 0 aromatic carbocycles. The Morgan fingerprint density at radius 1 is 1.56 bits per heavy atom. The van der Waals surface area contributed by atoms with E-state index < -0.39 is 0 Å². The van der Waals surface area contributed by atoms with Crippen molar-refractivity contribution in [3.05, 3.63) is 44.4 Å². The number of anilines is 1. The van der Waals surface area contributed by atoms with Gasteiger partial charge in [0.05, 0.1) is 12.9 Å². The van der Waals surface area contributed by atoms with Crippen molar-refractivity contribution in [2.75, 3.05) is 5.73 Å². The van der Waals surface area contributed by atoms with Crippen LogP contribution in [0.2, 0.25) is 5.15 Å². The molecule has 0 aliphatic heterocycles. The normalized spacial score (nSPS) is 10.6. The SMILES string of the molecule is Nc1c(Cl)ncn(Cc2ccc(Br)o2)c1=O. The van der Waals surface area contributed by atoms with E-state index >= 15 is 0 Å². The first kappa shape index (κ1) is 11.2. The van der Waals surface area contributed by atoms with Crippen molar-refractivity contribution in [3.63, 3.8) is 0 Å². The summed E-state index contributed by atoms with van der Waals surface area (Å²) in [5.41, 5.74) is 5.03. The summed E-state index contributed by atoms with van der Waals surface area (Å²) >= 11 is 8.79. The summed E-state index contributed by atoms with van der Waals surface area (Å²) in [6.07, 6.45) is 1.33. The van der Waals surface area contributed by atoms with Gasteiger partial charge in [0.15, 0.2) is 9.82 Å². The van der Waals surface area contributed by atoms with Crippen molar-refractivity contribution in [2.24, 2.45) is 0 Å². The van der Waals surface area contributed by atoms with Crippen LogP contribution in [-0.4, -0.2) is 9.55 Å². The highest BCUT2D eigenvalue weighted by atomic mass is 79.9. The predicted molar refractivity (Wildman–Crippen MR) is 63.4 cm³/mol. The van der Waals surface area contributed by atoms with Crippen LogP contribution in [0.15, 0.2) is 32.3 Å². The maximum atomic E-state index is 11.7. The summed E-state index contributed by atoms with van der Waals surface area (Å²) < 4.78 is 7.20. The third kappa shape index (κ3) is 2.12. The molecular weight excluding hydrogens is 297 g/mol. The van der Waals surface area contributed by atoms with Crippen LogP contribution in [0.4, 0.5) is 5.69 Å². The van der Waals surface area contributed by atoms with Gasteiger partial charge in [0.1, 0.15) is 11.4 Å². The summed E-state index contributed by atoms with van der Waals surface area (Å²) in [7, 11) is 0. The van der Waals surface area contributed by atoms with Gasteiger partial charge in [-0.15, -0.1) is 0 Å². The summed E-state index contributed by atoms with van der Waals surface area (Å²) in [6.45, 7) is 0.263. The number of halogens is 2. The minimum Gasteiger partial charge on any atom is -0.452 e. The minimum absolute atomic E-state index is 0.0156. The van der Waals surface area contributed by atoms with E-state index in [1.807, 2.05) is 0 Å². The number of hydrogen-bond donors (Lipinski definition) is 1. The molecule has 0 aliphatic carbocycles. The number of furan rings is 1. The highest BCUT2D eigenvalue weighted by Gasteiger charge is 2.08. The van der Waals surface area contributed by atoms with E-state index in [0.29, 0.717) is 10.4 Å². The Balaban J connectivity index is 2.36. The molecule has 7 heteroatoms. The van der Waals surface area contributed by atoms with Crippen molar-refractivity contribution in [3.8, 4) is 0 Å². The Kier molecular flexibility index (Phi) is 3.02. The molecule has 2 aromatic heterocycles. The van der Waals surface area contributed by atoms with E-state index in [0.717, 1.165) is 0 Å². The van der Waals surface area contributed by atoms with Crippen molar-refractivity contribution in [1.29, 1.82) is 0 Å². The van der Waals surface area contributed by atoms with Gasteiger partial charge in [0.25, 0.3) is 5.56 Å². The summed E-state index contributed by atoms with van der Waals surface area (Å²) in [4.78, 5) is 15.5. The number of nitrogen functional groups attached to an aromatic ring is 1. The number of nitrogens with zero attached hydrogens (tertiary/aromatic N) is 2. The molecule has 84 valence electrons. The van der Waals surface area contributed by atoms with Gasteiger partial charge in [-0.3, -0.25) is 9.36 Å². The van der Waals surface area contributed by atoms with E-state index in [-0.39, 0.29) is 22.9 Å². The zero-order chi connectivity index (χ0) is 11.7. The fourth-order valence-electron chi connectivity index (χ4n) is 1.20. The molecule has 2 N–H and O–H groups in total. The molecule has 0 bridgehead atoms. The first-order chi connectivity index (χ1) is 7.58. The molecule has 0 amide bonds. The molecule has 0 saturated heterocycles. The third-order valence-corrected chi connectivity index (χ3v) is 2.71. The van der Waals surface area contributed by atoms with Crippen LogP contribution >= 0.6 is 27.5 Å². The van der Waals surface area contributed by atoms with E-state index in [2.05, 4.69) is 20.9 Å². The topological polar surface area (TPSA) is 74.0 Å². The summed E-state index contributed by atoms with van der Waals surface area (Å²) in [6, 6.07) is 3.49. The second-order valence-corrected chi connectivity index (χ2v) is 4.23. The molecule has 0 fully saturated rings. The second kappa shape index (κ2) is 4.31. The van der Waals surface area contributed by atoms with Gasteiger partial charge in [-0.2, -0.15) is 0 Å². The van der Waals surface area contributed by atoms with E-state index in [9.17, 15) is 4.79 Å². The molecule has 0 saturated carbocycles. The third-order valence-electron chi connectivity index (χ3n) is 1.98. The monoisotopic (exact) mass is 303 g/mol. The van der Waals surface area contributed by atoms with Crippen LogP contribution in [0, 0.1) is 0 Å². The van der Waals surface area contributed by atoms with Crippen LogP contribution in [0.25, 0.3) is 0 Å². The maximum absolute atomic E-state index is 11.7. The van der Waals surface area contributed by atoms with E-state index in [4.69, 9.17) is 21.8 Å². The average Bonchev–Trinajstić information content (AvgIpc) is 2.65. The van der Waals surface area contributed by atoms with Gasteiger partial charge >= 0.3 is 0 Å². The standard InChI is InChI=1S/C9H7BrClN3O2/c10-6-2-1-5(16-6)3-14-4-13-8(11)7(12)9(14)15/h1-2,4H,3,12H2. The first-order valence-corrected chi connectivity index (χ1v) is 5.49. The zero-order valence-electron chi connectivity index (χ0n) is 7.98. The molecule has 2 heterocycles. The van der Waals surface area contributed by atoms with Crippen molar-refractivity contribution >= 4 is 33.2 Å². The molecular formula is C9H7BrClN3O2. The summed E-state index contributed by atoms with van der Waals surface area (Å²) in [5, 5.41) is 0.0156. The highest BCUT2D eigenvalue weighted by molar-refractivity contribution is 9.10. The van der Waals surface area contributed by atoms with Crippen LogP contribution < -0.4 is 11.3 Å². The minimum atomic E-state index is -0.382. The number of hydrogen-bond acceptors (Lipinski definition) is 4. The van der Waals surface area contributed by atoms with Gasteiger partial charge in [0.2, 0.25) is 0 Å². The van der Waals surface area contributed by atoms with Gasteiger partial charge in [-0.1, -0.05) is 11.6 Å². The second-order valence-electron chi connectivity index (χ2n) is 3.09. The Morgan fingerprint density at radius 3 is 2.94 bits per heavy atom. The smallest absolute Gasteiger partial charge is 0.278 e. The lowest BCUT2D eigenvalue weighted by atomic mass is 10.4.